The zero-order valence-corrected chi connectivity index (χ0v) is 11.3. The van der Waals surface area contributed by atoms with Gasteiger partial charge in [0.2, 0.25) is 0 Å². The lowest BCUT2D eigenvalue weighted by molar-refractivity contribution is -0.00962. The molecule has 2 aromatic rings. The molecular formula is C17H20O2. The quantitative estimate of drug-likeness (QED) is 0.889. The van der Waals surface area contributed by atoms with Crippen molar-refractivity contribution in [3.63, 3.8) is 0 Å². The molecule has 3 rings (SSSR count). The summed E-state index contributed by atoms with van der Waals surface area (Å²) < 4.78 is 5.52. The van der Waals surface area contributed by atoms with Crippen LogP contribution in [0, 0.1) is 12.8 Å². The van der Waals surface area contributed by atoms with E-state index < -0.39 is 6.10 Å². The Bertz CT molecular complexity index is 570. The number of aliphatic hydroxyl groups excluding tert-OH is 1. The van der Waals surface area contributed by atoms with Crippen LogP contribution in [-0.2, 0) is 4.74 Å². The van der Waals surface area contributed by atoms with E-state index in [9.17, 15) is 5.11 Å². The first-order valence-electron chi connectivity index (χ1n) is 7.01. The first-order valence-corrected chi connectivity index (χ1v) is 7.01. The molecule has 2 atom stereocenters. The van der Waals surface area contributed by atoms with Gasteiger partial charge in [0.15, 0.2) is 0 Å². The molecule has 1 saturated heterocycles. The normalized spacial score (nSPS) is 21.5. The Morgan fingerprint density at radius 2 is 2.05 bits per heavy atom. The zero-order valence-electron chi connectivity index (χ0n) is 11.3. The van der Waals surface area contributed by atoms with E-state index in [4.69, 9.17) is 4.74 Å². The number of aliphatic hydroxyl groups is 1. The van der Waals surface area contributed by atoms with E-state index in [1.807, 2.05) is 12.1 Å². The molecule has 1 aliphatic rings. The summed E-state index contributed by atoms with van der Waals surface area (Å²) in [6, 6.07) is 12.5. The molecule has 0 spiro atoms. The van der Waals surface area contributed by atoms with E-state index in [0.29, 0.717) is 6.61 Å². The average Bonchev–Trinajstić information content (AvgIpc) is 2.47. The van der Waals surface area contributed by atoms with Crippen LogP contribution in [0.15, 0.2) is 36.4 Å². The molecular weight excluding hydrogens is 236 g/mol. The van der Waals surface area contributed by atoms with E-state index in [1.54, 1.807) is 0 Å². The SMILES string of the molecule is Cc1ccc2ccccc2c1C(O)C1CCCOC1. The molecule has 2 nitrogen and oxygen atoms in total. The van der Waals surface area contributed by atoms with Crippen molar-refractivity contribution in [3.05, 3.63) is 47.5 Å². The second-order valence-electron chi connectivity index (χ2n) is 5.44. The summed E-state index contributed by atoms with van der Waals surface area (Å²) in [5.41, 5.74) is 2.24. The van der Waals surface area contributed by atoms with Crippen LogP contribution in [0.2, 0.25) is 0 Å². The fraction of sp³-hybridized carbons (Fsp3) is 0.412. The zero-order chi connectivity index (χ0) is 13.2. The molecule has 0 aromatic heterocycles. The minimum atomic E-state index is -0.425. The van der Waals surface area contributed by atoms with Crippen molar-refractivity contribution < 1.29 is 9.84 Å². The monoisotopic (exact) mass is 256 g/mol. The van der Waals surface area contributed by atoms with Crippen LogP contribution < -0.4 is 0 Å². The number of rotatable bonds is 2. The Morgan fingerprint density at radius 1 is 1.21 bits per heavy atom. The summed E-state index contributed by atoms with van der Waals surface area (Å²) in [5.74, 6) is 0.221. The number of aryl methyl sites for hydroxylation is 1. The summed E-state index contributed by atoms with van der Waals surface area (Å²) in [7, 11) is 0. The van der Waals surface area contributed by atoms with Gasteiger partial charge >= 0.3 is 0 Å². The van der Waals surface area contributed by atoms with Gasteiger partial charge in [-0.05, 0) is 41.7 Å². The largest absolute Gasteiger partial charge is 0.388 e. The van der Waals surface area contributed by atoms with Gasteiger partial charge in [-0.2, -0.15) is 0 Å². The third-order valence-electron chi connectivity index (χ3n) is 4.13. The summed E-state index contributed by atoms with van der Waals surface area (Å²) in [5, 5.41) is 13.1. The predicted molar refractivity (Wildman–Crippen MR) is 77.2 cm³/mol. The lowest BCUT2D eigenvalue weighted by atomic mass is 9.86. The van der Waals surface area contributed by atoms with Gasteiger partial charge in [0.25, 0.3) is 0 Å². The molecule has 2 aromatic carbocycles. The van der Waals surface area contributed by atoms with Crippen LogP contribution in [0.4, 0.5) is 0 Å². The molecule has 19 heavy (non-hydrogen) atoms. The highest BCUT2D eigenvalue weighted by atomic mass is 16.5. The second kappa shape index (κ2) is 5.32. The summed E-state index contributed by atoms with van der Waals surface area (Å²) in [4.78, 5) is 0. The van der Waals surface area contributed by atoms with Crippen molar-refractivity contribution in [1.29, 1.82) is 0 Å². The van der Waals surface area contributed by atoms with Gasteiger partial charge < -0.3 is 9.84 Å². The van der Waals surface area contributed by atoms with Crippen molar-refractivity contribution in [1.82, 2.24) is 0 Å². The molecule has 0 aliphatic carbocycles. The Labute approximate surface area is 114 Å². The molecule has 1 fully saturated rings. The molecule has 2 unspecified atom stereocenters. The molecule has 1 heterocycles. The summed E-state index contributed by atoms with van der Waals surface area (Å²) >= 11 is 0. The van der Waals surface area contributed by atoms with Crippen LogP contribution >= 0.6 is 0 Å². The molecule has 0 bridgehead atoms. The third kappa shape index (κ3) is 2.38. The van der Waals surface area contributed by atoms with Gasteiger partial charge in [0, 0.05) is 12.5 Å². The third-order valence-corrected chi connectivity index (χ3v) is 4.13. The maximum absolute atomic E-state index is 10.7. The lowest BCUT2D eigenvalue weighted by Crippen LogP contribution is -2.24. The van der Waals surface area contributed by atoms with Gasteiger partial charge in [0.1, 0.15) is 0 Å². The highest BCUT2D eigenvalue weighted by Gasteiger charge is 2.26. The van der Waals surface area contributed by atoms with Crippen molar-refractivity contribution in [2.75, 3.05) is 13.2 Å². The van der Waals surface area contributed by atoms with Crippen LogP contribution in [-0.4, -0.2) is 18.3 Å². The molecule has 0 radical (unpaired) electrons. The van der Waals surface area contributed by atoms with Crippen molar-refractivity contribution in [2.24, 2.45) is 5.92 Å². The van der Waals surface area contributed by atoms with Crippen molar-refractivity contribution in [2.45, 2.75) is 25.9 Å². The minimum Gasteiger partial charge on any atom is -0.388 e. The molecule has 1 N–H and O–H groups in total. The number of ether oxygens (including phenoxy) is 1. The number of hydrogen-bond acceptors (Lipinski definition) is 2. The number of fused-ring (bicyclic) bond motifs is 1. The summed E-state index contributed by atoms with van der Waals surface area (Å²) in [6.07, 6.45) is 1.67. The fourth-order valence-corrected chi connectivity index (χ4v) is 3.05. The van der Waals surface area contributed by atoms with Crippen LogP contribution in [0.5, 0.6) is 0 Å². The Hall–Kier alpha value is -1.38. The van der Waals surface area contributed by atoms with E-state index in [1.165, 1.54) is 10.8 Å². The highest BCUT2D eigenvalue weighted by Crippen LogP contribution is 2.35. The molecule has 0 amide bonds. The van der Waals surface area contributed by atoms with Crippen LogP contribution in [0.1, 0.15) is 30.1 Å². The molecule has 0 saturated carbocycles. The van der Waals surface area contributed by atoms with Crippen LogP contribution in [0.25, 0.3) is 10.8 Å². The lowest BCUT2D eigenvalue weighted by Gasteiger charge is -2.28. The van der Waals surface area contributed by atoms with Gasteiger partial charge in [0.05, 0.1) is 12.7 Å². The highest BCUT2D eigenvalue weighted by molar-refractivity contribution is 5.87. The number of benzene rings is 2. The maximum Gasteiger partial charge on any atom is 0.0848 e. The number of hydrogen-bond donors (Lipinski definition) is 1. The standard InChI is InChI=1S/C17H20O2/c1-12-8-9-13-5-2-3-7-15(13)16(12)17(18)14-6-4-10-19-11-14/h2-3,5,7-9,14,17-18H,4,6,10-11H2,1H3. The van der Waals surface area contributed by atoms with Gasteiger partial charge in [-0.15, -0.1) is 0 Å². The Balaban J connectivity index is 2.05. The van der Waals surface area contributed by atoms with Crippen molar-refractivity contribution in [3.8, 4) is 0 Å². The van der Waals surface area contributed by atoms with E-state index in [2.05, 4.69) is 31.2 Å². The fourth-order valence-electron chi connectivity index (χ4n) is 3.05. The van der Waals surface area contributed by atoms with E-state index in [-0.39, 0.29) is 5.92 Å². The first kappa shape index (κ1) is 12.6. The molecule has 1 aliphatic heterocycles. The molecule has 2 heteroatoms. The Morgan fingerprint density at radius 3 is 2.84 bits per heavy atom. The van der Waals surface area contributed by atoms with E-state index in [0.717, 1.165) is 30.6 Å². The average molecular weight is 256 g/mol. The topological polar surface area (TPSA) is 29.5 Å². The van der Waals surface area contributed by atoms with Crippen LogP contribution in [0.3, 0.4) is 0 Å². The minimum absolute atomic E-state index is 0.221. The second-order valence-corrected chi connectivity index (χ2v) is 5.44. The van der Waals surface area contributed by atoms with E-state index >= 15 is 0 Å². The molecule has 100 valence electrons. The summed E-state index contributed by atoms with van der Waals surface area (Å²) in [6.45, 7) is 3.58. The van der Waals surface area contributed by atoms with Gasteiger partial charge in [-0.25, -0.2) is 0 Å². The van der Waals surface area contributed by atoms with Crippen molar-refractivity contribution >= 4 is 10.8 Å². The Kier molecular flexibility index (Phi) is 3.54. The van der Waals surface area contributed by atoms with Gasteiger partial charge in [-0.1, -0.05) is 36.4 Å². The first-order chi connectivity index (χ1) is 9.27. The van der Waals surface area contributed by atoms with Gasteiger partial charge in [-0.3, -0.25) is 0 Å². The smallest absolute Gasteiger partial charge is 0.0848 e. The maximum atomic E-state index is 10.7. The predicted octanol–water partition coefficient (Wildman–Crippen LogP) is 3.61.